The number of halogens is 1. The third-order valence-corrected chi connectivity index (χ3v) is 9.20. The number of anilines is 1. The van der Waals surface area contributed by atoms with Gasteiger partial charge < -0.3 is 24.2 Å². The first-order valence-electron chi connectivity index (χ1n) is 15.8. The normalized spacial score (nSPS) is 22.2. The van der Waals surface area contributed by atoms with Crippen molar-refractivity contribution in [3.05, 3.63) is 58.9 Å². The van der Waals surface area contributed by atoms with Crippen molar-refractivity contribution in [1.29, 1.82) is 0 Å². The van der Waals surface area contributed by atoms with E-state index in [2.05, 4.69) is 24.8 Å². The van der Waals surface area contributed by atoms with E-state index in [1.807, 2.05) is 17.0 Å². The standard InChI is InChI=1S/C34H45FN2O6/c1-4-6-25(7-5-2)37(26-9-10-28(35)22(3)18-26)31(38)21-36-20-27(23-8-12-30-24(19-23)14-15-41-30)33(34(39)40)29(36)11-13-32-42-16-17-43-32/h8-10,12,18-19,25,27,29,32-33H,4-7,11,13-17,20-21H2,1-3H3,(H,39,40). The second-order valence-electron chi connectivity index (χ2n) is 12.1. The number of fused-ring (bicyclic) bond motifs is 1. The quantitative estimate of drug-likeness (QED) is 0.318. The molecule has 5 rings (SSSR count). The van der Waals surface area contributed by atoms with Crippen molar-refractivity contribution < 1.29 is 33.3 Å². The summed E-state index contributed by atoms with van der Waals surface area (Å²) in [7, 11) is 0. The van der Waals surface area contributed by atoms with Crippen molar-refractivity contribution in [1.82, 2.24) is 4.90 Å². The molecule has 0 spiro atoms. The number of carboxylic acids is 1. The first-order chi connectivity index (χ1) is 20.8. The molecule has 3 atom stereocenters. The van der Waals surface area contributed by atoms with Gasteiger partial charge in [0.05, 0.1) is 32.3 Å². The van der Waals surface area contributed by atoms with Gasteiger partial charge in [0.1, 0.15) is 11.6 Å². The van der Waals surface area contributed by atoms with Crippen LogP contribution in [-0.4, -0.2) is 73.2 Å². The van der Waals surface area contributed by atoms with Gasteiger partial charge in [-0.25, -0.2) is 4.39 Å². The number of aryl methyl sites for hydroxylation is 1. The van der Waals surface area contributed by atoms with Gasteiger partial charge in [-0.3, -0.25) is 14.5 Å². The number of ether oxygens (including phenoxy) is 3. The highest BCUT2D eigenvalue weighted by Crippen LogP contribution is 2.42. The molecule has 2 saturated heterocycles. The summed E-state index contributed by atoms with van der Waals surface area (Å²) in [6.07, 6.45) is 5.00. The molecule has 3 heterocycles. The number of aliphatic carboxylic acids is 1. The SMILES string of the molecule is CCCC(CCC)N(C(=O)CN1CC(c2ccc3c(c2)CCO3)C(C(=O)O)C1CCC1OCCO1)c1ccc(F)c(C)c1. The molecule has 2 aromatic carbocycles. The van der Waals surface area contributed by atoms with Crippen molar-refractivity contribution >= 4 is 17.6 Å². The predicted molar refractivity (Wildman–Crippen MR) is 162 cm³/mol. The molecule has 1 amide bonds. The molecule has 3 aliphatic rings. The number of benzene rings is 2. The Kier molecular flexibility index (Phi) is 10.4. The van der Waals surface area contributed by atoms with Crippen LogP contribution in [0.5, 0.6) is 5.75 Å². The van der Waals surface area contributed by atoms with Crippen molar-refractivity contribution in [2.45, 2.75) is 90.0 Å². The van der Waals surface area contributed by atoms with Gasteiger partial charge >= 0.3 is 5.97 Å². The molecular weight excluding hydrogens is 551 g/mol. The maximum Gasteiger partial charge on any atom is 0.308 e. The van der Waals surface area contributed by atoms with Crippen LogP contribution in [0.1, 0.15) is 75.0 Å². The number of nitrogens with zero attached hydrogens (tertiary/aromatic N) is 2. The van der Waals surface area contributed by atoms with Crippen LogP contribution in [0.25, 0.3) is 0 Å². The van der Waals surface area contributed by atoms with Crippen molar-refractivity contribution in [2.24, 2.45) is 5.92 Å². The monoisotopic (exact) mass is 596 g/mol. The van der Waals surface area contributed by atoms with Crippen LogP contribution >= 0.6 is 0 Å². The molecule has 2 aromatic rings. The zero-order valence-electron chi connectivity index (χ0n) is 25.6. The fourth-order valence-electron chi connectivity index (χ4n) is 7.16. The second-order valence-corrected chi connectivity index (χ2v) is 12.1. The van der Waals surface area contributed by atoms with E-state index in [9.17, 15) is 19.1 Å². The minimum Gasteiger partial charge on any atom is -0.493 e. The largest absolute Gasteiger partial charge is 0.493 e. The van der Waals surface area contributed by atoms with Gasteiger partial charge in [0, 0.05) is 36.7 Å². The van der Waals surface area contributed by atoms with E-state index in [0.29, 0.717) is 50.5 Å². The number of carboxylic acid groups (broad SMARTS) is 1. The number of likely N-dealkylation sites (tertiary alicyclic amines) is 1. The summed E-state index contributed by atoms with van der Waals surface area (Å²) in [6.45, 7) is 8.14. The third-order valence-electron chi connectivity index (χ3n) is 9.20. The van der Waals surface area contributed by atoms with Gasteiger partial charge in [-0.2, -0.15) is 0 Å². The van der Waals surface area contributed by atoms with Gasteiger partial charge in [-0.1, -0.05) is 38.8 Å². The second kappa shape index (κ2) is 14.2. The molecular formula is C34H45FN2O6. The zero-order valence-corrected chi connectivity index (χ0v) is 25.6. The van der Waals surface area contributed by atoms with Crippen molar-refractivity contribution in [2.75, 3.05) is 37.8 Å². The number of amides is 1. The van der Waals surface area contributed by atoms with Gasteiger partial charge in [0.2, 0.25) is 5.91 Å². The molecule has 2 fully saturated rings. The Balaban J connectivity index is 1.46. The molecule has 8 nitrogen and oxygen atoms in total. The summed E-state index contributed by atoms with van der Waals surface area (Å²) in [5, 5.41) is 10.6. The molecule has 3 unspecified atom stereocenters. The van der Waals surface area contributed by atoms with Gasteiger partial charge in [-0.05, 0) is 73.6 Å². The van der Waals surface area contributed by atoms with E-state index in [4.69, 9.17) is 14.2 Å². The number of rotatable bonds is 13. The lowest BCUT2D eigenvalue weighted by Gasteiger charge is -2.35. The summed E-state index contributed by atoms with van der Waals surface area (Å²) < 4.78 is 31.3. The zero-order chi connectivity index (χ0) is 30.5. The van der Waals surface area contributed by atoms with E-state index in [1.165, 1.54) is 6.07 Å². The summed E-state index contributed by atoms with van der Waals surface area (Å²) in [5.41, 5.74) is 3.24. The maximum atomic E-state index is 14.3. The Morgan fingerprint density at radius 2 is 1.79 bits per heavy atom. The van der Waals surface area contributed by atoms with Crippen LogP contribution in [-0.2, 0) is 25.5 Å². The lowest BCUT2D eigenvalue weighted by molar-refractivity contribution is -0.143. The number of hydrogen-bond donors (Lipinski definition) is 1. The Morgan fingerprint density at radius 3 is 2.47 bits per heavy atom. The number of carbonyl (C=O) groups is 2. The third kappa shape index (κ3) is 7.05. The minimum absolute atomic E-state index is 0.0310. The highest BCUT2D eigenvalue weighted by molar-refractivity contribution is 5.95. The number of hydrogen-bond acceptors (Lipinski definition) is 6. The molecule has 0 bridgehead atoms. The highest BCUT2D eigenvalue weighted by atomic mass is 19.1. The van der Waals surface area contributed by atoms with Crippen LogP contribution in [0.3, 0.4) is 0 Å². The minimum atomic E-state index is -0.865. The fraction of sp³-hybridized carbons (Fsp3) is 0.588. The van der Waals surface area contributed by atoms with Crippen molar-refractivity contribution in [3.8, 4) is 5.75 Å². The molecule has 0 aromatic heterocycles. The first kappa shape index (κ1) is 31.4. The van der Waals surface area contributed by atoms with Crippen LogP contribution in [0.15, 0.2) is 36.4 Å². The molecule has 234 valence electrons. The average molecular weight is 597 g/mol. The van der Waals surface area contributed by atoms with E-state index >= 15 is 0 Å². The summed E-state index contributed by atoms with van der Waals surface area (Å²) in [6, 6.07) is 10.4. The van der Waals surface area contributed by atoms with E-state index < -0.39 is 11.9 Å². The topological polar surface area (TPSA) is 88.5 Å². The highest BCUT2D eigenvalue weighted by Gasteiger charge is 2.47. The summed E-state index contributed by atoms with van der Waals surface area (Å²) >= 11 is 0. The maximum absolute atomic E-state index is 14.3. The van der Waals surface area contributed by atoms with E-state index in [-0.39, 0.29) is 42.6 Å². The fourth-order valence-corrected chi connectivity index (χ4v) is 7.16. The van der Waals surface area contributed by atoms with Crippen LogP contribution in [0.2, 0.25) is 0 Å². The molecule has 0 radical (unpaired) electrons. The predicted octanol–water partition coefficient (Wildman–Crippen LogP) is 5.69. The van der Waals surface area contributed by atoms with Gasteiger partial charge in [0.15, 0.2) is 6.29 Å². The molecule has 0 saturated carbocycles. The molecule has 1 N–H and O–H groups in total. The lowest BCUT2D eigenvalue weighted by Crippen LogP contribution is -2.48. The Hall–Kier alpha value is -3.01. The lowest BCUT2D eigenvalue weighted by atomic mass is 9.83. The first-order valence-corrected chi connectivity index (χ1v) is 15.8. The van der Waals surface area contributed by atoms with Gasteiger partial charge in [0.25, 0.3) is 0 Å². The Labute approximate surface area is 254 Å². The van der Waals surface area contributed by atoms with Gasteiger partial charge in [-0.15, -0.1) is 0 Å². The summed E-state index contributed by atoms with van der Waals surface area (Å²) in [5.74, 6) is -1.38. The molecule has 9 heteroatoms. The molecule has 0 aliphatic carbocycles. The van der Waals surface area contributed by atoms with Crippen molar-refractivity contribution in [3.63, 3.8) is 0 Å². The van der Waals surface area contributed by atoms with E-state index in [1.54, 1.807) is 19.1 Å². The van der Waals surface area contributed by atoms with Crippen LogP contribution in [0.4, 0.5) is 10.1 Å². The van der Waals surface area contributed by atoms with E-state index in [0.717, 1.165) is 49.0 Å². The smallest absolute Gasteiger partial charge is 0.308 e. The van der Waals surface area contributed by atoms with Crippen LogP contribution < -0.4 is 9.64 Å². The summed E-state index contributed by atoms with van der Waals surface area (Å²) in [4.78, 5) is 31.2. The Morgan fingerprint density at radius 1 is 1.05 bits per heavy atom. The number of carbonyl (C=O) groups excluding carboxylic acids is 1. The van der Waals surface area contributed by atoms with Crippen LogP contribution in [0, 0.1) is 18.7 Å². The average Bonchev–Trinajstić information content (AvgIpc) is 3.74. The molecule has 3 aliphatic heterocycles. The Bertz CT molecular complexity index is 1280. The molecule has 43 heavy (non-hydrogen) atoms.